The Bertz CT molecular complexity index is 749. The van der Waals surface area contributed by atoms with Crippen molar-refractivity contribution in [3.63, 3.8) is 0 Å². The molecule has 1 aliphatic rings. The number of aromatic nitrogens is 2. The molecule has 3 rings (SSSR count). The smallest absolute Gasteiger partial charge is 0.274 e. The number of amides is 1. The molecule has 26 heavy (non-hydrogen) atoms. The summed E-state index contributed by atoms with van der Waals surface area (Å²) in [5.41, 5.74) is 1.06. The van der Waals surface area contributed by atoms with Crippen LogP contribution >= 0.6 is 0 Å². The van der Waals surface area contributed by atoms with E-state index in [-0.39, 0.29) is 18.3 Å². The zero-order chi connectivity index (χ0) is 18.5. The van der Waals surface area contributed by atoms with Gasteiger partial charge in [0, 0.05) is 25.7 Å². The Morgan fingerprint density at radius 3 is 3.00 bits per heavy atom. The van der Waals surface area contributed by atoms with Crippen LogP contribution in [-0.4, -0.2) is 59.1 Å². The number of benzene rings is 1. The van der Waals surface area contributed by atoms with Crippen LogP contribution in [0.4, 0.5) is 4.39 Å². The van der Waals surface area contributed by atoms with Gasteiger partial charge in [0.25, 0.3) is 5.91 Å². The van der Waals surface area contributed by atoms with Gasteiger partial charge in [0.15, 0.2) is 5.69 Å². The quantitative estimate of drug-likeness (QED) is 0.824. The summed E-state index contributed by atoms with van der Waals surface area (Å²) in [7, 11) is 2.11. The van der Waals surface area contributed by atoms with Crippen LogP contribution in [0.25, 0.3) is 0 Å². The average molecular weight is 360 g/mol. The minimum atomic E-state index is -0.348. The van der Waals surface area contributed by atoms with Gasteiger partial charge in [-0.15, -0.1) is 0 Å². The lowest BCUT2D eigenvalue weighted by molar-refractivity contribution is 0.0734. The van der Waals surface area contributed by atoms with Crippen LogP contribution < -0.4 is 4.74 Å². The molecule has 1 aliphatic heterocycles. The van der Waals surface area contributed by atoms with E-state index in [2.05, 4.69) is 22.1 Å². The number of aromatic amines is 1. The number of carbonyl (C=O) groups excluding carboxylic acids is 1. The van der Waals surface area contributed by atoms with Gasteiger partial charge in [-0.3, -0.25) is 9.89 Å². The van der Waals surface area contributed by atoms with Crippen molar-refractivity contribution < 1.29 is 13.9 Å². The molecular weight excluding hydrogens is 335 g/mol. The number of likely N-dealkylation sites (tertiary alicyclic amines) is 1. The molecule has 0 spiro atoms. The molecule has 0 bridgehead atoms. The molecule has 1 N–H and O–H groups in total. The number of hydrogen-bond donors (Lipinski definition) is 1. The first-order valence-electron chi connectivity index (χ1n) is 8.95. The second-order valence-corrected chi connectivity index (χ2v) is 6.79. The maximum absolute atomic E-state index is 13.2. The SMILES string of the molecule is CCN(CC1CCN(C)C1)C(=O)c1cc(COc2cccc(F)c2)[nH]n1. The molecule has 1 amide bonds. The van der Waals surface area contributed by atoms with Crippen LogP contribution in [-0.2, 0) is 6.61 Å². The molecule has 1 aromatic carbocycles. The molecule has 0 saturated carbocycles. The van der Waals surface area contributed by atoms with Gasteiger partial charge in [-0.1, -0.05) is 6.07 Å². The predicted octanol–water partition coefficient (Wildman–Crippen LogP) is 2.54. The van der Waals surface area contributed by atoms with Crippen LogP contribution in [0, 0.1) is 11.7 Å². The first-order chi connectivity index (χ1) is 12.5. The molecule has 2 aromatic rings. The number of carbonyl (C=O) groups is 1. The number of ether oxygens (including phenoxy) is 1. The molecule has 0 aliphatic carbocycles. The maximum atomic E-state index is 13.2. The lowest BCUT2D eigenvalue weighted by Gasteiger charge is -2.23. The van der Waals surface area contributed by atoms with E-state index in [0.29, 0.717) is 29.6 Å². The highest BCUT2D eigenvalue weighted by Gasteiger charge is 2.25. The molecular formula is C19H25FN4O2. The summed E-state index contributed by atoms with van der Waals surface area (Å²) in [6.45, 7) is 5.70. The van der Waals surface area contributed by atoms with E-state index >= 15 is 0 Å². The Labute approximate surface area is 152 Å². The Balaban J connectivity index is 1.57. The van der Waals surface area contributed by atoms with Gasteiger partial charge < -0.3 is 14.5 Å². The fourth-order valence-electron chi connectivity index (χ4n) is 3.27. The van der Waals surface area contributed by atoms with Crippen molar-refractivity contribution in [1.82, 2.24) is 20.0 Å². The van der Waals surface area contributed by atoms with Gasteiger partial charge in [0.2, 0.25) is 0 Å². The fourth-order valence-corrected chi connectivity index (χ4v) is 3.27. The number of halogens is 1. The van der Waals surface area contributed by atoms with Gasteiger partial charge in [0.05, 0.1) is 5.69 Å². The Morgan fingerprint density at radius 1 is 1.46 bits per heavy atom. The number of hydrogen-bond acceptors (Lipinski definition) is 4. The van der Waals surface area contributed by atoms with Gasteiger partial charge in [0.1, 0.15) is 18.2 Å². The van der Waals surface area contributed by atoms with Crippen LogP contribution in [0.2, 0.25) is 0 Å². The standard InChI is InChI=1S/C19H25FN4O2/c1-3-24(12-14-7-8-23(2)11-14)19(25)18-10-16(21-22-18)13-26-17-6-4-5-15(20)9-17/h4-6,9-10,14H,3,7-8,11-13H2,1-2H3,(H,21,22). The summed E-state index contributed by atoms with van der Waals surface area (Å²) in [5, 5.41) is 6.95. The molecule has 1 fully saturated rings. The summed E-state index contributed by atoms with van der Waals surface area (Å²) in [4.78, 5) is 16.9. The zero-order valence-electron chi connectivity index (χ0n) is 15.2. The van der Waals surface area contributed by atoms with E-state index in [9.17, 15) is 9.18 Å². The summed E-state index contributed by atoms with van der Waals surface area (Å²) < 4.78 is 18.7. The molecule has 1 unspecified atom stereocenters. The summed E-state index contributed by atoms with van der Waals surface area (Å²) >= 11 is 0. The monoisotopic (exact) mass is 360 g/mol. The van der Waals surface area contributed by atoms with Crippen molar-refractivity contribution in [1.29, 1.82) is 0 Å². The first-order valence-corrected chi connectivity index (χ1v) is 8.95. The van der Waals surface area contributed by atoms with Crippen molar-refractivity contribution >= 4 is 5.91 Å². The van der Waals surface area contributed by atoms with Gasteiger partial charge in [-0.25, -0.2) is 4.39 Å². The summed E-state index contributed by atoms with van der Waals surface area (Å²) in [6, 6.07) is 7.65. The third-order valence-corrected chi connectivity index (χ3v) is 4.68. The molecule has 6 nitrogen and oxygen atoms in total. The first kappa shape index (κ1) is 18.4. The number of H-pyrrole nitrogens is 1. The van der Waals surface area contributed by atoms with E-state index in [1.807, 2.05) is 11.8 Å². The van der Waals surface area contributed by atoms with Crippen LogP contribution in [0.15, 0.2) is 30.3 Å². The molecule has 2 heterocycles. The average Bonchev–Trinajstić information content (AvgIpc) is 3.26. The van der Waals surface area contributed by atoms with Gasteiger partial charge in [-0.2, -0.15) is 5.10 Å². The van der Waals surface area contributed by atoms with Crippen LogP contribution in [0.1, 0.15) is 29.5 Å². The Morgan fingerprint density at radius 2 is 2.31 bits per heavy atom. The molecule has 1 atom stereocenters. The topological polar surface area (TPSA) is 61.5 Å². The van der Waals surface area contributed by atoms with E-state index in [1.54, 1.807) is 18.2 Å². The maximum Gasteiger partial charge on any atom is 0.274 e. The lowest BCUT2D eigenvalue weighted by atomic mass is 10.1. The molecule has 0 radical (unpaired) electrons. The molecule has 1 saturated heterocycles. The number of nitrogens with one attached hydrogen (secondary N) is 1. The highest BCUT2D eigenvalue weighted by Crippen LogP contribution is 2.17. The molecule has 1 aromatic heterocycles. The number of rotatable bonds is 7. The van der Waals surface area contributed by atoms with Gasteiger partial charge in [-0.05, 0) is 51.1 Å². The van der Waals surface area contributed by atoms with Crippen molar-refractivity contribution in [2.45, 2.75) is 20.0 Å². The molecule has 7 heteroatoms. The predicted molar refractivity (Wildman–Crippen MR) is 96.5 cm³/mol. The van der Waals surface area contributed by atoms with E-state index in [0.717, 1.165) is 26.1 Å². The van der Waals surface area contributed by atoms with Gasteiger partial charge >= 0.3 is 0 Å². The van der Waals surface area contributed by atoms with Crippen LogP contribution in [0.3, 0.4) is 0 Å². The Hall–Kier alpha value is -2.41. The van der Waals surface area contributed by atoms with E-state index < -0.39 is 0 Å². The third-order valence-electron chi connectivity index (χ3n) is 4.68. The molecule has 140 valence electrons. The van der Waals surface area contributed by atoms with Crippen molar-refractivity contribution in [3.05, 3.63) is 47.5 Å². The minimum absolute atomic E-state index is 0.0738. The van der Waals surface area contributed by atoms with Crippen molar-refractivity contribution in [3.8, 4) is 5.75 Å². The fraction of sp³-hybridized carbons (Fsp3) is 0.474. The van der Waals surface area contributed by atoms with E-state index in [1.165, 1.54) is 12.1 Å². The minimum Gasteiger partial charge on any atom is -0.487 e. The Kier molecular flexibility index (Phi) is 5.88. The van der Waals surface area contributed by atoms with Crippen molar-refractivity contribution in [2.75, 3.05) is 33.2 Å². The highest BCUT2D eigenvalue weighted by molar-refractivity contribution is 5.92. The lowest BCUT2D eigenvalue weighted by Crippen LogP contribution is -2.36. The van der Waals surface area contributed by atoms with Crippen LogP contribution in [0.5, 0.6) is 5.75 Å². The second-order valence-electron chi connectivity index (χ2n) is 6.79. The summed E-state index contributed by atoms with van der Waals surface area (Å²) in [5.74, 6) is 0.529. The highest BCUT2D eigenvalue weighted by atomic mass is 19.1. The summed E-state index contributed by atoms with van der Waals surface area (Å²) in [6.07, 6.45) is 1.12. The zero-order valence-corrected chi connectivity index (χ0v) is 15.2. The second kappa shape index (κ2) is 8.31. The number of nitrogens with zero attached hydrogens (tertiary/aromatic N) is 3. The normalized spacial score (nSPS) is 17.4. The van der Waals surface area contributed by atoms with Crippen molar-refractivity contribution in [2.24, 2.45) is 5.92 Å². The third kappa shape index (κ3) is 4.60. The largest absolute Gasteiger partial charge is 0.487 e. The van der Waals surface area contributed by atoms with E-state index in [4.69, 9.17) is 4.74 Å².